The Labute approximate surface area is 135 Å². The van der Waals surface area contributed by atoms with Gasteiger partial charge in [-0.2, -0.15) is 0 Å². The summed E-state index contributed by atoms with van der Waals surface area (Å²) in [6, 6.07) is 4.39. The predicted molar refractivity (Wildman–Crippen MR) is 82.8 cm³/mol. The Morgan fingerprint density at radius 1 is 1.30 bits per heavy atom. The molecular weight excluding hydrogens is 350 g/mol. The molecular formula is C11H11N3O7S2. The number of hydrogen-bond donors (Lipinski definition) is 1. The van der Waals surface area contributed by atoms with E-state index in [1.807, 2.05) is 5.32 Å². The van der Waals surface area contributed by atoms with Crippen LogP contribution in [0.3, 0.4) is 0 Å². The third kappa shape index (κ3) is 6.44. The Morgan fingerprint density at radius 3 is 2.30 bits per heavy atom. The van der Waals surface area contributed by atoms with Crippen LogP contribution < -0.4 is 5.32 Å². The van der Waals surface area contributed by atoms with Crippen molar-refractivity contribution in [3.63, 3.8) is 0 Å². The molecule has 0 radical (unpaired) electrons. The first-order valence-electron chi connectivity index (χ1n) is 5.74. The second-order valence-electron chi connectivity index (χ2n) is 3.94. The van der Waals surface area contributed by atoms with Crippen LogP contribution in [0, 0.1) is 10.1 Å². The Bertz CT molecular complexity index is 756. The Hall–Kier alpha value is -2.47. The highest BCUT2D eigenvalue weighted by atomic mass is 32.2. The first-order valence-corrected chi connectivity index (χ1v) is 8.81. The second kappa shape index (κ2) is 7.69. The Balaban J connectivity index is 2.75. The van der Waals surface area contributed by atoms with E-state index in [4.69, 9.17) is 0 Å². The summed E-state index contributed by atoms with van der Waals surface area (Å²) in [5.74, 6) is -1.06. The third-order valence-corrected chi connectivity index (χ3v) is 3.36. The predicted octanol–water partition coefficient (Wildman–Crippen LogP) is 1.14. The maximum Gasteiger partial charge on any atom is 0.421 e. The molecule has 0 aromatic heterocycles. The number of ether oxygens (including phenoxy) is 1. The molecule has 0 saturated carbocycles. The van der Waals surface area contributed by atoms with Crippen LogP contribution in [0.25, 0.3) is 0 Å². The Morgan fingerprint density at radius 2 is 1.87 bits per heavy atom. The van der Waals surface area contributed by atoms with Crippen LogP contribution in [-0.4, -0.2) is 43.1 Å². The topological polar surface area (TPSA) is 145 Å². The van der Waals surface area contributed by atoms with E-state index in [-0.39, 0.29) is 16.4 Å². The summed E-state index contributed by atoms with van der Waals surface area (Å²) < 4.78 is 29.7. The lowest BCUT2D eigenvalue weighted by Crippen LogP contribution is -2.31. The van der Waals surface area contributed by atoms with E-state index in [2.05, 4.69) is 9.13 Å². The Kier molecular flexibility index (Phi) is 6.21. The van der Waals surface area contributed by atoms with Crippen LogP contribution in [0.2, 0.25) is 0 Å². The lowest BCUT2D eigenvalue weighted by molar-refractivity contribution is -0.384. The van der Waals surface area contributed by atoms with E-state index in [1.54, 1.807) is 0 Å². The van der Waals surface area contributed by atoms with Gasteiger partial charge in [0.15, 0.2) is 5.17 Å². The fourth-order valence-electron chi connectivity index (χ4n) is 1.24. The van der Waals surface area contributed by atoms with Crippen molar-refractivity contribution in [1.29, 1.82) is 0 Å². The summed E-state index contributed by atoms with van der Waals surface area (Å²) in [6.07, 6.45) is 1.06. The van der Waals surface area contributed by atoms with Gasteiger partial charge in [0, 0.05) is 12.1 Å². The smallest absolute Gasteiger partial charge is 0.372 e. The van der Waals surface area contributed by atoms with Gasteiger partial charge in [0.1, 0.15) is 0 Å². The molecule has 0 aliphatic heterocycles. The monoisotopic (exact) mass is 361 g/mol. The molecule has 1 rings (SSSR count). The fraction of sp³-hybridized carbons (Fsp3) is 0.182. The molecule has 124 valence electrons. The van der Waals surface area contributed by atoms with E-state index >= 15 is 0 Å². The van der Waals surface area contributed by atoms with Gasteiger partial charge in [-0.3, -0.25) is 15.4 Å². The van der Waals surface area contributed by atoms with Crippen LogP contribution >= 0.6 is 11.8 Å². The quantitative estimate of drug-likeness (QED) is 0.211. The van der Waals surface area contributed by atoms with Crippen molar-refractivity contribution >= 4 is 44.7 Å². The van der Waals surface area contributed by atoms with Crippen molar-refractivity contribution in [1.82, 2.24) is 5.32 Å². The largest absolute Gasteiger partial charge is 0.421 e. The zero-order valence-electron chi connectivity index (χ0n) is 11.9. The molecule has 1 amide bonds. The minimum atomic E-state index is -3.73. The van der Waals surface area contributed by atoms with Crippen LogP contribution in [0.1, 0.15) is 10.4 Å². The average molecular weight is 361 g/mol. The van der Waals surface area contributed by atoms with E-state index in [0.717, 1.165) is 42.3 Å². The SMILES string of the molecule is CSC(=NS(C)(=O)=O)NC(=O)OC(=O)c1ccc([N+](=O)[O-])cc1. The number of hydrogen-bond acceptors (Lipinski definition) is 8. The van der Waals surface area contributed by atoms with Gasteiger partial charge in [-0.1, -0.05) is 11.8 Å². The standard InChI is InChI=1S/C11H11N3O7S2/c1-22-10(13-23(2,19)20)12-11(16)21-9(15)7-3-5-8(6-4-7)14(17)18/h3-6H,1-2H3,(H,12,13,16). The molecule has 23 heavy (non-hydrogen) atoms. The first-order chi connectivity index (χ1) is 10.6. The summed E-state index contributed by atoms with van der Waals surface area (Å²) in [5.41, 5.74) is -0.313. The molecule has 0 aliphatic rings. The number of benzene rings is 1. The number of nitro groups is 1. The van der Waals surface area contributed by atoms with Crippen molar-refractivity contribution in [3.8, 4) is 0 Å². The summed E-state index contributed by atoms with van der Waals surface area (Å²) in [7, 11) is -3.73. The summed E-state index contributed by atoms with van der Waals surface area (Å²) in [6.45, 7) is 0. The highest BCUT2D eigenvalue weighted by molar-refractivity contribution is 8.13. The number of rotatable bonds is 3. The van der Waals surface area contributed by atoms with Crippen molar-refractivity contribution in [2.24, 2.45) is 4.40 Å². The van der Waals surface area contributed by atoms with Gasteiger partial charge in [-0.25, -0.2) is 18.0 Å². The molecule has 0 heterocycles. The normalized spacial score (nSPS) is 11.7. The number of carbonyl (C=O) groups excluding carboxylic acids is 2. The van der Waals surface area contributed by atoms with Crippen molar-refractivity contribution in [2.45, 2.75) is 0 Å². The summed E-state index contributed by atoms with van der Waals surface area (Å²) in [4.78, 5) is 33.0. The average Bonchev–Trinajstić information content (AvgIpc) is 2.45. The van der Waals surface area contributed by atoms with Gasteiger partial charge in [0.2, 0.25) is 0 Å². The van der Waals surface area contributed by atoms with Gasteiger partial charge < -0.3 is 4.74 Å². The van der Waals surface area contributed by atoms with Crippen LogP contribution in [0.4, 0.5) is 10.5 Å². The molecule has 0 atom stereocenters. The van der Waals surface area contributed by atoms with E-state index in [9.17, 15) is 28.1 Å². The lowest BCUT2D eigenvalue weighted by Gasteiger charge is -2.06. The molecule has 1 N–H and O–H groups in total. The van der Waals surface area contributed by atoms with Gasteiger partial charge in [-0.15, -0.1) is 4.40 Å². The van der Waals surface area contributed by atoms with E-state index < -0.39 is 27.0 Å². The number of nitro benzene ring substituents is 1. The maximum absolute atomic E-state index is 11.7. The molecule has 0 bridgehead atoms. The molecule has 1 aromatic rings. The number of carbonyl (C=O) groups is 2. The number of nitrogens with one attached hydrogen (secondary N) is 1. The van der Waals surface area contributed by atoms with E-state index in [1.165, 1.54) is 6.26 Å². The highest BCUT2D eigenvalue weighted by Gasteiger charge is 2.16. The van der Waals surface area contributed by atoms with Crippen LogP contribution in [-0.2, 0) is 14.8 Å². The summed E-state index contributed by atoms with van der Waals surface area (Å²) in [5, 5.41) is 12.2. The van der Waals surface area contributed by atoms with Crippen molar-refractivity contribution < 1.29 is 27.7 Å². The second-order valence-corrected chi connectivity index (χ2v) is 6.38. The number of thioether (sulfide) groups is 1. The molecule has 10 nitrogen and oxygen atoms in total. The first kappa shape index (κ1) is 18.6. The highest BCUT2D eigenvalue weighted by Crippen LogP contribution is 2.12. The van der Waals surface area contributed by atoms with Crippen LogP contribution in [0.5, 0.6) is 0 Å². The molecule has 0 fully saturated rings. The fourth-order valence-corrected chi connectivity index (χ4v) is 2.47. The minimum absolute atomic E-state index is 0.0866. The number of amides is 1. The number of non-ortho nitro benzene ring substituents is 1. The zero-order chi connectivity index (χ0) is 17.6. The van der Waals surface area contributed by atoms with Crippen molar-refractivity contribution in [2.75, 3.05) is 12.5 Å². The van der Waals surface area contributed by atoms with Gasteiger partial charge >= 0.3 is 12.1 Å². The van der Waals surface area contributed by atoms with Gasteiger partial charge in [0.25, 0.3) is 15.7 Å². The summed E-state index contributed by atoms with van der Waals surface area (Å²) >= 11 is 0.826. The minimum Gasteiger partial charge on any atom is -0.372 e. The zero-order valence-corrected chi connectivity index (χ0v) is 13.5. The van der Waals surface area contributed by atoms with Gasteiger partial charge in [0.05, 0.1) is 16.7 Å². The van der Waals surface area contributed by atoms with Gasteiger partial charge in [-0.05, 0) is 18.4 Å². The molecule has 0 unspecified atom stereocenters. The molecule has 12 heteroatoms. The van der Waals surface area contributed by atoms with Crippen molar-refractivity contribution in [3.05, 3.63) is 39.9 Å². The third-order valence-electron chi connectivity index (χ3n) is 2.15. The molecule has 0 aliphatic carbocycles. The molecule has 1 aromatic carbocycles. The molecule has 0 saturated heterocycles. The van der Waals surface area contributed by atoms with Crippen LogP contribution in [0.15, 0.2) is 28.7 Å². The number of esters is 1. The number of amidine groups is 1. The number of alkyl carbamates (subject to hydrolysis) is 1. The molecule has 0 spiro atoms. The van der Waals surface area contributed by atoms with E-state index in [0.29, 0.717) is 0 Å². The lowest BCUT2D eigenvalue weighted by atomic mass is 10.2. The number of nitrogens with zero attached hydrogens (tertiary/aromatic N) is 2. The maximum atomic E-state index is 11.7. The number of sulfonamides is 1.